The van der Waals surface area contributed by atoms with Gasteiger partial charge in [0, 0.05) is 23.4 Å². The number of nitro benzene ring substituents is 1. The molecule has 9 heteroatoms. The molecule has 0 aliphatic rings. The van der Waals surface area contributed by atoms with Gasteiger partial charge in [-0.2, -0.15) is 0 Å². The van der Waals surface area contributed by atoms with Crippen LogP contribution in [0.1, 0.15) is 10.4 Å². The first-order chi connectivity index (χ1) is 13.9. The molecule has 1 heterocycles. The fourth-order valence-electron chi connectivity index (χ4n) is 2.86. The number of aromatic amines is 1. The van der Waals surface area contributed by atoms with E-state index in [4.69, 9.17) is 23.2 Å². The molecule has 3 aromatic carbocycles. The number of halogens is 2. The van der Waals surface area contributed by atoms with Gasteiger partial charge in [-0.1, -0.05) is 29.3 Å². The molecule has 0 saturated carbocycles. The van der Waals surface area contributed by atoms with Crippen molar-refractivity contribution in [1.82, 2.24) is 9.97 Å². The molecule has 0 aliphatic carbocycles. The second-order valence-corrected chi connectivity index (χ2v) is 6.99. The Kier molecular flexibility index (Phi) is 4.92. The number of rotatable bonds is 4. The molecule has 0 aliphatic heterocycles. The maximum Gasteiger partial charge on any atom is 0.269 e. The zero-order valence-electron chi connectivity index (χ0n) is 14.6. The highest BCUT2D eigenvalue weighted by Crippen LogP contribution is 2.34. The lowest BCUT2D eigenvalue weighted by Crippen LogP contribution is -2.11. The highest BCUT2D eigenvalue weighted by atomic mass is 35.5. The summed E-state index contributed by atoms with van der Waals surface area (Å²) in [5, 5.41) is 14.4. The number of nitro groups is 1. The summed E-state index contributed by atoms with van der Waals surface area (Å²) in [5.74, 6) is 0.149. The van der Waals surface area contributed by atoms with Gasteiger partial charge in [0.05, 0.1) is 31.6 Å². The summed E-state index contributed by atoms with van der Waals surface area (Å²) in [5.41, 5.74) is 2.69. The van der Waals surface area contributed by atoms with Crippen molar-refractivity contribution in [3.8, 4) is 11.4 Å². The van der Waals surface area contributed by atoms with Crippen LogP contribution < -0.4 is 5.32 Å². The average molecular weight is 427 g/mol. The SMILES string of the molecule is O=C(Nc1ccc([N+](=O)[O-])cc1)c1ccc2nc(-c3c(Cl)cccc3Cl)[nH]c2c1. The lowest BCUT2D eigenvalue weighted by Gasteiger charge is -2.05. The fourth-order valence-corrected chi connectivity index (χ4v) is 3.44. The maximum atomic E-state index is 12.5. The van der Waals surface area contributed by atoms with Gasteiger partial charge in [0.1, 0.15) is 5.82 Å². The van der Waals surface area contributed by atoms with Crippen LogP contribution in [0, 0.1) is 10.1 Å². The van der Waals surface area contributed by atoms with Gasteiger partial charge in [0.2, 0.25) is 0 Å². The van der Waals surface area contributed by atoms with Crippen LogP contribution in [0.4, 0.5) is 11.4 Å². The molecule has 0 atom stereocenters. The lowest BCUT2D eigenvalue weighted by molar-refractivity contribution is -0.384. The van der Waals surface area contributed by atoms with Crippen LogP contribution in [-0.4, -0.2) is 20.8 Å². The molecule has 1 aromatic heterocycles. The van der Waals surface area contributed by atoms with Crippen LogP contribution in [0.15, 0.2) is 60.7 Å². The Morgan fingerprint density at radius 1 is 1.03 bits per heavy atom. The number of nitrogens with zero attached hydrogens (tertiary/aromatic N) is 2. The van der Waals surface area contributed by atoms with E-state index >= 15 is 0 Å². The maximum absolute atomic E-state index is 12.5. The molecule has 7 nitrogen and oxygen atoms in total. The van der Waals surface area contributed by atoms with Crippen LogP contribution in [0.3, 0.4) is 0 Å². The predicted octanol–water partition coefficient (Wildman–Crippen LogP) is 5.70. The van der Waals surface area contributed by atoms with E-state index in [9.17, 15) is 14.9 Å². The molecular weight excluding hydrogens is 415 g/mol. The van der Waals surface area contributed by atoms with Crippen molar-refractivity contribution in [3.05, 3.63) is 86.4 Å². The van der Waals surface area contributed by atoms with Gasteiger partial charge in [-0.05, 0) is 42.5 Å². The van der Waals surface area contributed by atoms with Crippen molar-refractivity contribution < 1.29 is 9.72 Å². The van der Waals surface area contributed by atoms with Crippen molar-refractivity contribution in [2.45, 2.75) is 0 Å². The minimum Gasteiger partial charge on any atom is -0.338 e. The van der Waals surface area contributed by atoms with Gasteiger partial charge in [-0.15, -0.1) is 0 Å². The molecule has 0 spiro atoms. The summed E-state index contributed by atoms with van der Waals surface area (Å²) in [6.07, 6.45) is 0. The Morgan fingerprint density at radius 3 is 2.38 bits per heavy atom. The minimum absolute atomic E-state index is 0.0485. The quantitative estimate of drug-likeness (QED) is 0.322. The molecule has 29 heavy (non-hydrogen) atoms. The largest absolute Gasteiger partial charge is 0.338 e. The summed E-state index contributed by atoms with van der Waals surface area (Å²) in [4.78, 5) is 30.4. The van der Waals surface area contributed by atoms with Crippen LogP contribution in [0.2, 0.25) is 10.0 Å². The van der Waals surface area contributed by atoms with E-state index in [2.05, 4.69) is 15.3 Å². The van der Waals surface area contributed by atoms with Crippen LogP contribution >= 0.6 is 23.2 Å². The Balaban J connectivity index is 1.62. The number of imidazole rings is 1. The highest BCUT2D eigenvalue weighted by Gasteiger charge is 2.15. The van der Waals surface area contributed by atoms with Crippen LogP contribution in [-0.2, 0) is 0 Å². The minimum atomic E-state index is -0.499. The summed E-state index contributed by atoms with van der Waals surface area (Å²) in [6, 6.07) is 15.8. The molecule has 0 bridgehead atoms. The van der Waals surface area contributed by atoms with E-state index in [-0.39, 0.29) is 11.6 Å². The molecule has 0 unspecified atom stereocenters. The third kappa shape index (κ3) is 3.78. The van der Waals surface area contributed by atoms with Crippen molar-refractivity contribution in [2.75, 3.05) is 5.32 Å². The van der Waals surface area contributed by atoms with Crippen molar-refractivity contribution in [3.63, 3.8) is 0 Å². The van der Waals surface area contributed by atoms with Crippen molar-refractivity contribution in [1.29, 1.82) is 0 Å². The number of non-ortho nitro benzene ring substituents is 1. The van der Waals surface area contributed by atoms with Crippen molar-refractivity contribution in [2.24, 2.45) is 0 Å². The molecule has 0 fully saturated rings. The van der Waals surface area contributed by atoms with Gasteiger partial charge in [-0.25, -0.2) is 4.98 Å². The van der Waals surface area contributed by atoms with E-state index in [1.165, 1.54) is 24.3 Å². The van der Waals surface area contributed by atoms with E-state index in [1.807, 2.05) is 0 Å². The fraction of sp³-hybridized carbons (Fsp3) is 0. The number of aromatic nitrogens is 2. The molecule has 144 valence electrons. The number of H-pyrrole nitrogens is 1. The standard InChI is InChI=1S/C20H12Cl2N4O3/c21-14-2-1-3-15(22)18(14)19-24-16-9-4-11(10-17(16)25-19)20(27)23-12-5-7-13(8-6-12)26(28)29/h1-10H,(H,23,27)(H,24,25). The lowest BCUT2D eigenvalue weighted by atomic mass is 10.2. The normalized spacial score (nSPS) is 10.8. The molecule has 1 amide bonds. The number of benzene rings is 3. The smallest absolute Gasteiger partial charge is 0.269 e. The third-order valence-electron chi connectivity index (χ3n) is 4.28. The van der Waals surface area contributed by atoms with E-state index in [0.29, 0.717) is 43.7 Å². The predicted molar refractivity (Wildman–Crippen MR) is 113 cm³/mol. The number of carbonyl (C=O) groups is 1. The summed E-state index contributed by atoms with van der Waals surface area (Å²) in [7, 11) is 0. The second kappa shape index (κ2) is 7.54. The molecule has 0 saturated heterocycles. The first-order valence-electron chi connectivity index (χ1n) is 8.42. The Morgan fingerprint density at radius 2 is 1.72 bits per heavy atom. The van der Waals surface area contributed by atoms with Gasteiger partial charge < -0.3 is 10.3 Å². The first-order valence-corrected chi connectivity index (χ1v) is 9.18. The number of hydrogen-bond donors (Lipinski definition) is 2. The van der Waals surface area contributed by atoms with Gasteiger partial charge in [0.15, 0.2) is 0 Å². The third-order valence-corrected chi connectivity index (χ3v) is 4.91. The highest BCUT2D eigenvalue weighted by molar-refractivity contribution is 6.39. The number of amides is 1. The average Bonchev–Trinajstić information content (AvgIpc) is 3.11. The zero-order chi connectivity index (χ0) is 20.5. The van der Waals surface area contributed by atoms with E-state index in [0.717, 1.165) is 0 Å². The number of hydrogen-bond acceptors (Lipinski definition) is 4. The molecule has 2 N–H and O–H groups in total. The molecular formula is C20H12Cl2N4O3. The van der Waals surface area contributed by atoms with Crippen LogP contribution in [0.25, 0.3) is 22.4 Å². The monoisotopic (exact) mass is 426 g/mol. The van der Waals surface area contributed by atoms with E-state index < -0.39 is 4.92 Å². The van der Waals surface area contributed by atoms with Gasteiger partial charge in [-0.3, -0.25) is 14.9 Å². The molecule has 4 aromatic rings. The number of carbonyl (C=O) groups excluding carboxylic acids is 1. The van der Waals surface area contributed by atoms with Crippen LogP contribution in [0.5, 0.6) is 0 Å². The Bertz CT molecular complexity index is 1230. The zero-order valence-corrected chi connectivity index (χ0v) is 16.2. The summed E-state index contributed by atoms with van der Waals surface area (Å²) in [6.45, 7) is 0. The van der Waals surface area contributed by atoms with Gasteiger partial charge >= 0.3 is 0 Å². The molecule has 0 radical (unpaired) electrons. The van der Waals surface area contributed by atoms with E-state index in [1.54, 1.807) is 36.4 Å². The molecule has 4 rings (SSSR count). The number of nitrogens with one attached hydrogen (secondary N) is 2. The first kappa shape index (κ1) is 18.9. The number of anilines is 1. The Hall–Kier alpha value is -3.42. The summed E-state index contributed by atoms with van der Waals surface area (Å²) >= 11 is 12.5. The topological polar surface area (TPSA) is 101 Å². The summed E-state index contributed by atoms with van der Waals surface area (Å²) < 4.78 is 0. The second-order valence-electron chi connectivity index (χ2n) is 6.17. The van der Waals surface area contributed by atoms with Gasteiger partial charge in [0.25, 0.3) is 11.6 Å². The Labute approximate surface area is 174 Å². The van der Waals surface area contributed by atoms with Crippen molar-refractivity contribution >= 4 is 51.5 Å². The number of fused-ring (bicyclic) bond motifs is 1.